The number of ketones is 1. The Morgan fingerprint density at radius 3 is 2.59 bits per heavy atom. The van der Waals surface area contributed by atoms with Gasteiger partial charge in [0.2, 0.25) is 0 Å². The average molecular weight is 236 g/mol. The third kappa shape index (κ3) is 2.33. The second-order valence-corrected chi connectivity index (χ2v) is 6.53. The Morgan fingerprint density at radius 2 is 2.00 bits per heavy atom. The molecule has 96 valence electrons. The average Bonchev–Trinajstić information content (AvgIpc) is 2.19. The zero-order valence-electron chi connectivity index (χ0n) is 11.4. The maximum Gasteiger partial charge on any atom is 0.158 e. The molecule has 1 saturated carbocycles. The van der Waals surface area contributed by atoms with E-state index in [2.05, 4.69) is 13.0 Å². The number of fused-ring (bicyclic) bond motifs is 1. The first-order valence-electron chi connectivity index (χ1n) is 6.74. The van der Waals surface area contributed by atoms with Gasteiger partial charge in [-0.25, -0.2) is 0 Å². The lowest BCUT2D eigenvalue weighted by molar-refractivity contribution is -0.120. The maximum atomic E-state index is 11.8. The lowest BCUT2D eigenvalue weighted by Gasteiger charge is -2.47. The fourth-order valence-electron chi connectivity index (χ4n) is 3.68. The van der Waals surface area contributed by atoms with Crippen LogP contribution in [0.2, 0.25) is 0 Å². The summed E-state index contributed by atoms with van der Waals surface area (Å²) in [5, 5.41) is 10.3. The number of Topliss-reactive ketones (excluding diaryl/α,β-unsaturated/α-hetero) is 1. The van der Waals surface area contributed by atoms with Crippen LogP contribution in [-0.2, 0) is 4.79 Å². The van der Waals surface area contributed by atoms with E-state index in [-0.39, 0.29) is 0 Å². The van der Waals surface area contributed by atoms with Crippen molar-refractivity contribution in [2.45, 2.75) is 52.6 Å². The van der Waals surface area contributed by atoms with E-state index in [1.165, 1.54) is 0 Å². The van der Waals surface area contributed by atoms with E-state index in [0.29, 0.717) is 35.9 Å². The highest BCUT2D eigenvalue weighted by molar-refractivity contribution is 5.95. The number of hydrogen-bond acceptors (Lipinski definition) is 2. The van der Waals surface area contributed by atoms with Crippen molar-refractivity contribution in [1.82, 2.24) is 0 Å². The molecule has 2 rings (SSSR count). The molecule has 2 aliphatic carbocycles. The Kier molecular flexibility index (Phi) is 3.19. The molecule has 2 heteroatoms. The summed E-state index contributed by atoms with van der Waals surface area (Å²) >= 11 is 0. The van der Waals surface area contributed by atoms with Gasteiger partial charge in [0, 0.05) is 6.42 Å². The highest BCUT2D eigenvalue weighted by Crippen LogP contribution is 2.48. The van der Waals surface area contributed by atoms with Gasteiger partial charge in [0.25, 0.3) is 0 Å². The molecule has 1 fully saturated rings. The van der Waals surface area contributed by atoms with Crippen LogP contribution in [0.25, 0.3) is 0 Å². The largest absolute Gasteiger partial charge is 0.390 e. The van der Waals surface area contributed by atoms with Crippen molar-refractivity contribution in [2.24, 2.45) is 23.7 Å². The summed E-state index contributed by atoms with van der Waals surface area (Å²) in [6.45, 7) is 7.98. The molecule has 2 nitrogen and oxygen atoms in total. The summed E-state index contributed by atoms with van der Waals surface area (Å²) in [6.07, 6.45) is 5.02. The maximum absolute atomic E-state index is 11.8. The Morgan fingerprint density at radius 1 is 1.35 bits per heavy atom. The van der Waals surface area contributed by atoms with E-state index >= 15 is 0 Å². The molecular formula is C15H24O2. The Balaban J connectivity index is 2.33. The van der Waals surface area contributed by atoms with Crippen molar-refractivity contribution in [3.05, 3.63) is 11.6 Å². The Bertz CT molecular complexity index is 348. The quantitative estimate of drug-likeness (QED) is 0.760. The second kappa shape index (κ2) is 4.24. The van der Waals surface area contributed by atoms with Gasteiger partial charge in [0.1, 0.15) is 0 Å². The van der Waals surface area contributed by atoms with E-state index in [1.54, 1.807) is 0 Å². The van der Waals surface area contributed by atoms with Crippen LogP contribution in [0, 0.1) is 23.7 Å². The van der Waals surface area contributed by atoms with Crippen LogP contribution in [0.4, 0.5) is 0 Å². The molecule has 17 heavy (non-hydrogen) atoms. The molecule has 0 radical (unpaired) electrons. The van der Waals surface area contributed by atoms with Crippen molar-refractivity contribution < 1.29 is 9.90 Å². The van der Waals surface area contributed by atoms with Crippen molar-refractivity contribution in [1.29, 1.82) is 0 Å². The molecule has 0 aromatic heterocycles. The highest BCUT2D eigenvalue weighted by atomic mass is 16.3. The second-order valence-electron chi connectivity index (χ2n) is 6.53. The third-order valence-electron chi connectivity index (χ3n) is 4.83. The molecule has 0 spiro atoms. The Labute approximate surface area is 104 Å². The fourth-order valence-corrected chi connectivity index (χ4v) is 3.68. The standard InChI is InChI=1S/C15H24O2/c1-9-5-6-13(15(3,4)17)12-7-10(2)14(16)8-11(9)12/h7,9,11-13,17H,5-6,8H2,1-4H3/t9-,11+,12+,13-/m1/s1. The summed E-state index contributed by atoms with van der Waals surface area (Å²) in [6, 6.07) is 0. The van der Waals surface area contributed by atoms with Crippen LogP contribution in [-0.4, -0.2) is 16.5 Å². The summed E-state index contributed by atoms with van der Waals surface area (Å²) in [5.74, 6) is 2.03. The first-order valence-corrected chi connectivity index (χ1v) is 6.74. The summed E-state index contributed by atoms with van der Waals surface area (Å²) in [4.78, 5) is 11.8. The first kappa shape index (κ1) is 12.8. The van der Waals surface area contributed by atoms with E-state index in [9.17, 15) is 9.90 Å². The van der Waals surface area contributed by atoms with Gasteiger partial charge in [-0.15, -0.1) is 0 Å². The van der Waals surface area contributed by atoms with Crippen molar-refractivity contribution >= 4 is 5.78 Å². The van der Waals surface area contributed by atoms with Gasteiger partial charge in [-0.1, -0.05) is 19.4 Å². The smallest absolute Gasteiger partial charge is 0.158 e. The van der Waals surface area contributed by atoms with Gasteiger partial charge < -0.3 is 5.11 Å². The van der Waals surface area contributed by atoms with Gasteiger partial charge in [0.15, 0.2) is 5.78 Å². The van der Waals surface area contributed by atoms with E-state index in [4.69, 9.17) is 0 Å². The number of hydrogen-bond donors (Lipinski definition) is 1. The molecule has 4 atom stereocenters. The van der Waals surface area contributed by atoms with Gasteiger partial charge in [-0.2, -0.15) is 0 Å². The summed E-state index contributed by atoms with van der Waals surface area (Å²) < 4.78 is 0. The summed E-state index contributed by atoms with van der Waals surface area (Å²) in [7, 11) is 0. The van der Waals surface area contributed by atoms with Crippen LogP contribution in [0.1, 0.15) is 47.0 Å². The van der Waals surface area contributed by atoms with E-state index in [0.717, 1.165) is 18.4 Å². The number of aliphatic hydroxyl groups is 1. The van der Waals surface area contributed by atoms with Gasteiger partial charge in [-0.3, -0.25) is 4.79 Å². The molecule has 0 unspecified atom stereocenters. The molecule has 2 aliphatic rings. The predicted molar refractivity (Wildman–Crippen MR) is 68.5 cm³/mol. The van der Waals surface area contributed by atoms with Gasteiger partial charge in [0.05, 0.1) is 5.60 Å². The minimum Gasteiger partial charge on any atom is -0.390 e. The molecule has 0 saturated heterocycles. The zero-order chi connectivity index (χ0) is 12.8. The zero-order valence-corrected chi connectivity index (χ0v) is 11.4. The highest BCUT2D eigenvalue weighted by Gasteiger charge is 2.44. The lowest BCUT2D eigenvalue weighted by Crippen LogP contribution is -2.45. The first-order chi connectivity index (χ1) is 7.80. The van der Waals surface area contributed by atoms with Crippen LogP contribution in [0.15, 0.2) is 11.6 Å². The molecule has 0 aromatic rings. The Hall–Kier alpha value is -0.630. The molecule has 0 bridgehead atoms. The third-order valence-corrected chi connectivity index (χ3v) is 4.83. The minimum atomic E-state index is -0.639. The molecule has 0 amide bonds. The van der Waals surface area contributed by atoms with Crippen LogP contribution >= 0.6 is 0 Å². The van der Waals surface area contributed by atoms with Crippen molar-refractivity contribution in [3.63, 3.8) is 0 Å². The number of carbonyl (C=O) groups is 1. The topological polar surface area (TPSA) is 37.3 Å². The molecule has 0 aliphatic heterocycles. The van der Waals surface area contributed by atoms with Crippen molar-refractivity contribution in [3.8, 4) is 0 Å². The summed E-state index contributed by atoms with van der Waals surface area (Å²) in [5.41, 5.74) is 0.259. The van der Waals surface area contributed by atoms with Crippen LogP contribution < -0.4 is 0 Å². The molecule has 0 heterocycles. The normalized spacial score (nSPS) is 38.6. The number of allylic oxidation sites excluding steroid dienone is 2. The van der Waals surface area contributed by atoms with Gasteiger partial charge >= 0.3 is 0 Å². The molecule has 0 aromatic carbocycles. The fraction of sp³-hybridized carbons (Fsp3) is 0.800. The van der Waals surface area contributed by atoms with Gasteiger partial charge in [-0.05, 0) is 56.4 Å². The van der Waals surface area contributed by atoms with E-state index in [1.807, 2.05) is 20.8 Å². The van der Waals surface area contributed by atoms with E-state index < -0.39 is 5.60 Å². The minimum absolute atomic E-state index is 0.298. The molecular weight excluding hydrogens is 212 g/mol. The van der Waals surface area contributed by atoms with Crippen LogP contribution in [0.3, 0.4) is 0 Å². The predicted octanol–water partition coefficient (Wildman–Crippen LogP) is 2.95. The SMILES string of the molecule is CC1=C[C@H]2[C@@H](CC1=O)[C@H](C)CC[C@H]2C(C)(C)O. The van der Waals surface area contributed by atoms with Crippen molar-refractivity contribution in [2.75, 3.05) is 0 Å². The monoisotopic (exact) mass is 236 g/mol. The number of carbonyl (C=O) groups excluding carboxylic acids is 1. The van der Waals surface area contributed by atoms with Crippen LogP contribution in [0.5, 0.6) is 0 Å². The lowest BCUT2D eigenvalue weighted by atomic mass is 9.59. The number of rotatable bonds is 1. The molecule has 1 N–H and O–H groups in total.